The van der Waals surface area contributed by atoms with E-state index >= 15 is 0 Å². The van der Waals surface area contributed by atoms with Crippen LogP contribution in [0.4, 0.5) is 16.2 Å². The van der Waals surface area contributed by atoms with Gasteiger partial charge >= 0.3 is 6.03 Å². The summed E-state index contributed by atoms with van der Waals surface area (Å²) in [7, 11) is 0. The largest absolute Gasteiger partial charge is 0.322 e. The van der Waals surface area contributed by atoms with Crippen molar-refractivity contribution < 1.29 is 9.59 Å². The second kappa shape index (κ2) is 8.52. The van der Waals surface area contributed by atoms with Crippen LogP contribution in [0.5, 0.6) is 0 Å². The zero-order chi connectivity index (χ0) is 18.4. The lowest BCUT2D eigenvalue weighted by molar-refractivity contribution is 0.102. The Balaban J connectivity index is 1.60. The van der Waals surface area contributed by atoms with Crippen molar-refractivity contribution in [3.63, 3.8) is 0 Å². The molecule has 3 rings (SSSR count). The highest BCUT2D eigenvalue weighted by molar-refractivity contribution is 6.04. The predicted octanol–water partition coefficient (Wildman–Crippen LogP) is 4.74. The van der Waals surface area contributed by atoms with Crippen molar-refractivity contribution in [3.05, 3.63) is 60.2 Å². The molecule has 1 atom stereocenters. The molecule has 0 saturated carbocycles. The van der Waals surface area contributed by atoms with Crippen LogP contribution in [0.25, 0.3) is 0 Å². The van der Waals surface area contributed by atoms with Gasteiger partial charge in [-0.1, -0.05) is 31.0 Å². The molecule has 2 aromatic rings. The van der Waals surface area contributed by atoms with Crippen molar-refractivity contribution in [2.75, 3.05) is 17.2 Å². The molecule has 136 valence electrons. The zero-order valence-electron chi connectivity index (χ0n) is 15.1. The van der Waals surface area contributed by atoms with E-state index in [0.717, 1.165) is 25.1 Å². The number of carbonyl (C=O) groups excluding carboxylic acids is 2. The van der Waals surface area contributed by atoms with Crippen molar-refractivity contribution in [2.45, 2.75) is 38.6 Å². The van der Waals surface area contributed by atoms with Gasteiger partial charge in [0, 0.05) is 29.5 Å². The molecule has 0 bridgehead atoms. The Morgan fingerprint density at radius 3 is 2.31 bits per heavy atom. The summed E-state index contributed by atoms with van der Waals surface area (Å²) in [4.78, 5) is 26.7. The Labute approximate surface area is 154 Å². The first-order chi connectivity index (χ1) is 12.6. The summed E-state index contributed by atoms with van der Waals surface area (Å²) in [6.07, 6.45) is 4.46. The molecule has 0 unspecified atom stereocenters. The summed E-state index contributed by atoms with van der Waals surface area (Å²) in [5, 5.41) is 5.79. The minimum atomic E-state index is -0.171. The Kier molecular flexibility index (Phi) is 5.89. The molecule has 2 N–H and O–H groups in total. The molecule has 1 fully saturated rings. The number of urea groups is 1. The maximum absolute atomic E-state index is 12.5. The Hall–Kier alpha value is -2.82. The van der Waals surface area contributed by atoms with E-state index < -0.39 is 0 Å². The van der Waals surface area contributed by atoms with Gasteiger partial charge < -0.3 is 15.5 Å². The number of anilines is 2. The summed E-state index contributed by atoms with van der Waals surface area (Å²) in [6, 6.07) is 16.5. The van der Waals surface area contributed by atoms with Crippen molar-refractivity contribution in [1.29, 1.82) is 0 Å². The second-order valence-electron chi connectivity index (χ2n) is 6.72. The monoisotopic (exact) mass is 351 g/mol. The van der Waals surface area contributed by atoms with Crippen LogP contribution in [0.15, 0.2) is 54.6 Å². The van der Waals surface area contributed by atoms with E-state index in [1.807, 2.05) is 35.2 Å². The molecule has 5 nitrogen and oxygen atoms in total. The lowest BCUT2D eigenvalue weighted by Crippen LogP contribution is -2.41. The number of para-hydroxylation sites is 1. The SMILES string of the molecule is C[C@H]1CCCCCN1C(=O)Nc1ccc(C(=O)Nc2ccccc2)cc1. The average molecular weight is 351 g/mol. The molecule has 1 saturated heterocycles. The quantitative estimate of drug-likeness (QED) is 0.839. The van der Waals surface area contributed by atoms with Gasteiger partial charge in [0.1, 0.15) is 0 Å². The van der Waals surface area contributed by atoms with E-state index in [-0.39, 0.29) is 18.0 Å². The molecule has 0 spiro atoms. The number of benzene rings is 2. The van der Waals surface area contributed by atoms with Crippen LogP contribution in [0.3, 0.4) is 0 Å². The topological polar surface area (TPSA) is 61.4 Å². The van der Waals surface area contributed by atoms with Crippen molar-refractivity contribution in [1.82, 2.24) is 4.90 Å². The van der Waals surface area contributed by atoms with Crippen LogP contribution in [0, 0.1) is 0 Å². The van der Waals surface area contributed by atoms with Crippen molar-refractivity contribution in [2.24, 2.45) is 0 Å². The molecule has 0 aromatic heterocycles. The first-order valence-electron chi connectivity index (χ1n) is 9.17. The fourth-order valence-electron chi connectivity index (χ4n) is 3.20. The number of amides is 3. The molecular weight excluding hydrogens is 326 g/mol. The first-order valence-corrected chi connectivity index (χ1v) is 9.17. The van der Waals surface area contributed by atoms with Gasteiger partial charge in [-0.25, -0.2) is 4.79 Å². The third-order valence-corrected chi connectivity index (χ3v) is 4.74. The number of hydrogen-bond acceptors (Lipinski definition) is 2. The number of carbonyl (C=O) groups is 2. The number of hydrogen-bond donors (Lipinski definition) is 2. The molecule has 0 radical (unpaired) electrons. The van der Waals surface area contributed by atoms with Crippen LogP contribution in [-0.2, 0) is 0 Å². The van der Waals surface area contributed by atoms with E-state index in [0.29, 0.717) is 11.3 Å². The molecule has 0 aliphatic carbocycles. The maximum Gasteiger partial charge on any atom is 0.322 e. The molecular formula is C21H25N3O2. The average Bonchev–Trinajstić information content (AvgIpc) is 2.87. The van der Waals surface area contributed by atoms with Gasteiger partial charge in [0.2, 0.25) is 0 Å². The van der Waals surface area contributed by atoms with Crippen LogP contribution in [0.1, 0.15) is 43.0 Å². The highest BCUT2D eigenvalue weighted by Crippen LogP contribution is 2.18. The smallest absolute Gasteiger partial charge is 0.322 e. The van der Waals surface area contributed by atoms with Gasteiger partial charge in [-0.2, -0.15) is 0 Å². The highest BCUT2D eigenvalue weighted by atomic mass is 16.2. The summed E-state index contributed by atoms with van der Waals surface area (Å²) in [5.41, 5.74) is 2.00. The molecule has 2 aromatic carbocycles. The van der Waals surface area contributed by atoms with E-state index in [4.69, 9.17) is 0 Å². The third kappa shape index (κ3) is 4.63. The molecule has 3 amide bonds. The van der Waals surface area contributed by atoms with Crippen LogP contribution in [0.2, 0.25) is 0 Å². The predicted molar refractivity (Wildman–Crippen MR) is 104 cm³/mol. The van der Waals surface area contributed by atoms with E-state index in [1.165, 1.54) is 12.8 Å². The number of likely N-dealkylation sites (tertiary alicyclic amines) is 1. The first kappa shape index (κ1) is 18.0. The van der Waals surface area contributed by atoms with E-state index in [1.54, 1.807) is 24.3 Å². The summed E-state index contributed by atoms with van der Waals surface area (Å²) in [5.74, 6) is -0.171. The second-order valence-corrected chi connectivity index (χ2v) is 6.72. The molecule has 1 heterocycles. The van der Waals surface area contributed by atoms with Gasteiger partial charge in [-0.15, -0.1) is 0 Å². The molecule has 5 heteroatoms. The van der Waals surface area contributed by atoms with Gasteiger partial charge in [0.05, 0.1) is 0 Å². The number of nitrogens with zero attached hydrogens (tertiary/aromatic N) is 1. The van der Waals surface area contributed by atoms with Gasteiger partial charge in [0.15, 0.2) is 0 Å². The number of rotatable bonds is 3. The lowest BCUT2D eigenvalue weighted by atomic mass is 10.1. The fraction of sp³-hybridized carbons (Fsp3) is 0.333. The van der Waals surface area contributed by atoms with Crippen LogP contribution >= 0.6 is 0 Å². The van der Waals surface area contributed by atoms with E-state index in [9.17, 15) is 9.59 Å². The standard InChI is InChI=1S/C21H25N3O2/c1-16-8-4-3-7-15-24(16)21(26)23-19-13-11-17(12-14-19)20(25)22-18-9-5-2-6-10-18/h2,5-6,9-14,16H,3-4,7-8,15H2,1H3,(H,22,25)(H,23,26)/t16-/m0/s1. The van der Waals surface area contributed by atoms with E-state index in [2.05, 4.69) is 17.6 Å². The van der Waals surface area contributed by atoms with Crippen LogP contribution in [-0.4, -0.2) is 29.4 Å². The maximum atomic E-state index is 12.5. The Bertz CT molecular complexity index is 744. The summed E-state index contributed by atoms with van der Waals surface area (Å²) < 4.78 is 0. The zero-order valence-corrected chi connectivity index (χ0v) is 15.1. The fourth-order valence-corrected chi connectivity index (χ4v) is 3.20. The van der Waals surface area contributed by atoms with Gasteiger partial charge in [0.25, 0.3) is 5.91 Å². The van der Waals surface area contributed by atoms with Gasteiger partial charge in [-0.05, 0) is 56.2 Å². The normalized spacial score (nSPS) is 17.3. The van der Waals surface area contributed by atoms with Crippen molar-refractivity contribution >= 4 is 23.3 Å². The Morgan fingerprint density at radius 2 is 1.58 bits per heavy atom. The Morgan fingerprint density at radius 1 is 0.885 bits per heavy atom. The summed E-state index contributed by atoms with van der Waals surface area (Å²) in [6.45, 7) is 2.90. The van der Waals surface area contributed by atoms with Crippen molar-refractivity contribution in [3.8, 4) is 0 Å². The molecule has 1 aliphatic rings. The number of nitrogens with one attached hydrogen (secondary N) is 2. The summed E-state index contributed by atoms with van der Waals surface area (Å²) >= 11 is 0. The van der Waals surface area contributed by atoms with Gasteiger partial charge in [-0.3, -0.25) is 4.79 Å². The molecule has 26 heavy (non-hydrogen) atoms. The third-order valence-electron chi connectivity index (χ3n) is 4.74. The van der Waals surface area contributed by atoms with Crippen LogP contribution < -0.4 is 10.6 Å². The minimum absolute atomic E-state index is 0.0686. The minimum Gasteiger partial charge on any atom is -0.322 e. The highest BCUT2D eigenvalue weighted by Gasteiger charge is 2.21. The molecule has 1 aliphatic heterocycles. The lowest BCUT2D eigenvalue weighted by Gasteiger charge is -2.27.